The van der Waals surface area contributed by atoms with E-state index < -0.39 is 6.10 Å². The number of aliphatic hydroxyl groups is 1. The minimum absolute atomic E-state index is 0.609. The Kier molecular flexibility index (Phi) is 3.93. The highest BCUT2D eigenvalue weighted by Crippen LogP contribution is 2.37. The van der Waals surface area contributed by atoms with Gasteiger partial charge in [0.1, 0.15) is 6.10 Å². The second-order valence-corrected chi connectivity index (χ2v) is 6.90. The van der Waals surface area contributed by atoms with Gasteiger partial charge in [-0.3, -0.25) is 0 Å². The zero-order chi connectivity index (χ0) is 12.6. The molecule has 0 radical (unpaired) electrons. The Bertz CT molecular complexity index is 511. The van der Waals surface area contributed by atoms with Crippen molar-refractivity contribution in [3.05, 3.63) is 54.6 Å². The number of benzene rings is 1. The van der Waals surface area contributed by atoms with Crippen molar-refractivity contribution in [3.63, 3.8) is 0 Å². The number of aliphatic hydroxyl groups excluding tert-OH is 1. The number of rotatable bonds is 2. The van der Waals surface area contributed by atoms with Crippen LogP contribution in [0.3, 0.4) is 0 Å². The zero-order valence-corrected chi connectivity index (χ0v) is 12.7. The minimum atomic E-state index is -0.609. The summed E-state index contributed by atoms with van der Waals surface area (Å²) in [7, 11) is 0. The summed E-state index contributed by atoms with van der Waals surface area (Å²) < 4.78 is 0.859. The molecular formula is C13H12BrClOS. The van der Waals surface area contributed by atoms with Gasteiger partial charge in [0.05, 0.1) is 8.81 Å². The molecule has 1 aromatic heterocycles. The summed E-state index contributed by atoms with van der Waals surface area (Å²) in [6, 6.07) is 7.89. The van der Waals surface area contributed by atoms with Crippen LogP contribution < -0.4 is 0 Å². The van der Waals surface area contributed by atoms with Crippen LogP contribution >= 0.6 is 38.9 Å². The van der Waals surface area contributed by atoms with E-state index in [1.54, 1.807) is 6.07 Å². The van der Waals surface area contributed by atoms with E-state index in [1.807, 2.05) is 26.0 Å². The lowest BCUT2D eigenvalue weighted by atomic mass is 10.0. The summed E-state index contributed by atoms with van der Waals surface area (Å²) in [4.78, 5) is 0.854. The predicted octanol–water partition coefficient (Wildman–Crippen LogP) is 4.86. The van der Waals surface area contributed by atoms with Crippen LogP contribution in [-0.4, -0.2) is 5.11 Å². The predicted molar refractivity (Wildman–Crippen MR) is 77.0 cm³/mol. The Labute approximate surface area is 118 Å². The number of hydrogen-bond donors (Lipinski definition) is 1. The van der Waals surface area contributed by atoms with Crippen LogP contribution in [0.2, 0.25) is 5.02 Å². The molecule has 0 saturated heterocycles. The van der Waals surface area contributed by atoms with Crippen molar-refractivity contribution < 1.29 is 5.11 Å². The van der Waals surface area contributed by atoms with E-state index in [2.05, 4.69) is 22.0 Å². The average Bonchev–Trinajstić information content (AvgIpc) is 2.57. The van der Waals surface area contributed by atoms with Gasteiger partial charge in [-0.25, -0.2) is 0 Å². The molecule has 90 valence electrons. The fourth-order valence-electron chi connectivity index (χ4n) is 1.83. The standard InChI is InChI=1S/C13H12BrClOS/c1-7-3-8(2)5-9(4-7)12(16)11-6-10(15)13(14)17-11/h3-6,12,16H,1-2H3. The van der Waals surface area contributed by atoms with Crippen molar-refractivity contribution >= 4 is 38.9 Å². The summed E-state index contributed by atoms with van der Waals surface area (Å²) >= 11 is 10.8. The molecule has 0 saturated carbocycles. The first-order valence-corrected chi connectivity index (χ1v) is 7.17. The molecule has 0 aliphatic carbocycles. The lowest BCUT2D eigenvalue weighted by Gasteiger charge is -2.10. The van der Waals surface area contributed by atoms with Crippen LogP contribution in [0.4, 0.5) is 0 Å². The topological polar surface area (TPSA) is 20.2 Å². The van der Waals surface area contributed by atoms with Gasteiger partial charge < -0.3 is 5.11 Å². The van der Waals surface area contributed by atoms with E-state index in [0.717, 1.165) is 25.4 Å². The molecule has 2 aromatic rings. The van der Waals surface area contributed by atoms with Gasteiger partial charge in [-0.15, -0.1) is 11.3 Å². The molecule has 0 fully saturated rings. The van der Waals surface area contributed by atoms with E-state index in [-0.39, 0.29) is 0 Å². The van der Waals surface area contributed by atoms with Gasteiger partial charge in [0.15, 0.2) is 0 Å². The fourth-order valence-corrected chi connectivity index (χ4v) is 3.59. The molecule has 1 N–H and O–H groups in total. The fraction of sp³-hybridized carbons (Fsp3) is 0.231. The highest BCUT2D eigenvalue weighted by Gasteiger charge is 2.15. The summed E-state index contributed by atoms with van der Waals surface area (Å²) in [6.07, 6.45) is -0.609. The average molecular weight is 332 g/mol. The third-order valence-electron chi connectivity index (χ3n) is 2.49. The second-order valence-electron chi connectivity index (χ2n) is 4.09. The summed E-state index contributed by atoms with van der Waals surface area (Å²) in [5.74, 6) is 0. The van der Waals surface area contributed by atoms with Crippen LogP contribution in [-0.2, 0) is 0 Å². The van der Waals surface area contributed by atoms with Crippen LogP contribution in [0.25, 0.3) is 0 Å². The van der Waals surface area contributed by atoms with Gasteiger partial charge in [0, 0.05) is 4.88 Å². The largest absolute Gasteiger partial charge is 0.383 e. The molecule has 4 heteroatoms. The first-order chi connectivity index (χ1) is 7.97. The van der Waals surface area contributed by atoms with Gasteiger partial charge >= 0.3 is 0 Å². The van der Waals surface area contributed by atoms with Crippen molar-refractivity contribution in [2.75, 3.05) is 0 Å². The van der Waals surface area contributed by atoms with Crippen molar-refractivity contribution in [2.24, 2.45) is 0 Å². The number of aryl methyl sites for hydroxylation is 2. The summed E-state index contributed by atoms with van der Waals surface area (Å²) in [6.45, 7) is 4.06. The van der Waals surface area contributed by atoms with E-state index in [1.165, 1.54) is 11.3 Å². The first kappa shape index (κ1) is 13.1. The Morgan fingerprint density at radius 1 is 1.18 bits per heavy atom. The lowest BCUT2D eigenvalue weighted by molar-refractivity contribution is 0.224. The third-order valence-corrected chi connectivity index (χ3v) is 5.02. The molecule has 1 heterocycles. The molecule has 0 aliphatic heterocycles. The molecule has 1 unspecified atom stereocenters. The van der Waals surface area contributed by atoms with Gasteiger partial charge in [0.25, 0.3) is 0 Å². The number of halogens is 2. The molecule has 0 spiro atoms. The highest BCUT2D eigenvalue weighted by molar-refractivity contribution is 9.11. The monoisotopic (exact) mass is 330 g/mol. The normalized spacial score (nSPS) is 12.8. The summed E-state index contributed by atoms with van der Waals surface area (Å²) in [5.41, 5.74) is 3.22. The number of thiophene rings is 1. The van der Waals surface area contributed by atoms with Crippen molar-refractivity contribution in [1.82, 2.24) is 0 Å². The van der Waals surface area contributed by atoms with Gasteiger partial charge in [-0.1, -0.05) is 40.9 Å². The van der Waals surface area contributed by atoms with E-state index in [4.69, 9.17) is 11.6 Å². The van der Waals surface area contributed by atoms with E-state index >= 15 is 0 Å². The lowest BCUT2D eigenvalue weighted by Crippen LogP contribution is -1.98. The molecule has 1 nitrogen and oxygen atoms in total. The first-order valence-electron chi connectivity index (χ1n) is 5.18. The van der Waals surface area contributed by atoms with E-state index in [9.17, 15) is 5.11 Å². The van der Waals surface area contributed by atoms with Crippen LogP contribution in [0.15, 0.2) is 28.1 Å². The maximum absolute atomic E-state index is 10.3. The Balaban J connectivity index is 2.39. The van der Waals surface area contributed by atoms with Crippen LogP contribution in [0.1, 0.15) is 27.7 Å². The van der Waals surface area contributed by atoms with Crippen molar-refractivity contribution in [3.8, 4) is 0 Å². The summed E-state index contributed by atoms with van der Waals surface area (Å²) in [5, 5.41) is 11.0. The van der Waals surface area contributed by atoms with Gasteiger partial charge in [0.2, 0.25) is 0 Å². The molecular weight excluding hydrogens is 320 g/mol. The van der Waals surface area contributed by atoms with Gasteiger partial charge in [-0.2, -0.15) is 0 Å². The smallest absolute Gasteiger partial charge is 0.113 e. The van der Waals surface area contributed by atoms with E-state index in [0.29, 0.717) is 5.02 Å². The SMILES string of the molecule is Cc1cc(C)cc(C(O)c2cc(Cl)c(Br)s2)c1. The molecule has 0 aliphatic rings. The third kappa shape index (κ3) is 2.91. The van der Waals surface area contributed by atoms with Gasteiger partial charge in [-0.05, 0) is 41.4 Å². The molecule has 17 heavy (non-hydrogen) atoms. The Hall–Kier alpha value is -0.350. The molecule has 0 amide bonds. The Morgan fingerprint density at radius 2 is 1.76 bits per heavy atom. The van der Waals surface area contributed by atoms with Crippen molar-refractivity contribution in [2.45, 2.75) is 20.0 Å². The zero-order valence-electron chi connectivity index (χ0n) is 9.50. The highest BCUT2D eigenvalue weighted by atomic mass is 79.9. The molecule has 1 aromatic carbocycles. The Morgan fingerprint density at radius 3 is 2.24 bits per heavy atom. The maximum Gasteiger partial charge on any atom is 0.113 e. The number of hydrogen-bond acceptors (Lipinski definition) is 2. The second kappa shape index (κ2) is 5.11. The minimum Gasteiger partial charge on any atom is -0.383 e. The van der Waals surface area contributed by atoms with Crippen LogP contribution in [0.5, 0.6) is 0 Å². The van der Waals surface area contributed by atoms with Crippen LogP contribution in [0, 0.1) is 13.8 Å². The molecule has 2 rings (SSSR count). The molecule has 0 bridgehead atoms. The van der Waals surface area contributed by atoms with Crippen molar-refractivity contribution in [1.29, 1.82) is 0 Å². The molecule has 1 atom stereocenters. The quantitative estimate of drug-likeness (QED) is 0.833. The maximum atomic E-state index is 10.3.